The molecular formula is C34H40N6O7. The van der Waals surface area contributed by atoms with Gasteiger partial charge in [0.2, 0.25) is 5.91 Å². The van der Waals surface area contributed by atoms with Gasteiger partial charge in [0, 0.05) is 17.6 Å². The molecule has 0 aliphatic heterocycles. The van der Waals surface area contributed by atoms with Crippen molar-refractivity contribution < 1.29 is 33.8 Å². The number of Topliss-reactive ketones (excluding diaryl/α,β-unsaturated/α-hetero) is 4. The Hall–Kier alpha value is -4.48. The molecule has 0 heterocycles. The minimum atomic E-state index is -2.80. The largest absolute Gasteiger partial charge is 0.507 e. The summed E-state index contributed by atoms with van der Waals surface area (Å²) in [6.07, 6.45) is -0.679. The minimum Gasteiger partial charge on any atom is -0.507 e. The lowest BCUT2D eigenvalue weighted by Gasteiger charge is -2.60. The number of amides is 1. The van der Waals surface area contributed by atoms with Gasteiger partial charge in [0.15, 0.2) is 34.5 Å². The summed E-state index contributed by atoms with van der Waals surface area (Å²) in [5.41, 5.74) is 14.7. The number of hydrogen-bond donors (Lipinski definition) is 5. The molecular weight excluding hydrogens is 604 g/mol. The molecule has 2 fully saturated rings. The number of nitrogens with one attached hydrogen (secondary N) is 1. The highest BCUT2D eigenvalue weighted by atomic mass is 16.5. The number of ether oxygens (including phenoxy) is 1. The number of fused-ring (bicyclic) bond motifs is 3. The first kappa shape index (κ1) is 33.9. The molecule has 13 nitrogen and oxygen atoms in total. The van der Waals surface area contributed by atoms with E-state index in [0.717, 1.165) is 12.1 Å². The molecule has 0 saturated heterocycles. The number of aromatic hydroxyl groups is 1. The summed E-state index contributed by atoms with van der Waals surface area (Å²) in [5, 5.41) is 25.0. The van der Waals surface area contributed by atoms with Gasteiger partial charge >= 0.3 is 0 Å². The Bertz CT molecular complexity index is 1770. The average molecular weight is 645 g/mol. The number of carbonyl (C=O) groups excluding carboxylic acids is 5. The molecule has 248 valence electrons. The number of nitrogens with two attached hydrogens (primary N) is 3. The number of phenols is 1. The summed E-state index contributed by atoms with van der Waals surface area (Å²) >= 11 is 0. The van der Waals surface area contributed by atoms with Crippen LogP contribution in [0.1, 0.15) is 41.8 Å². The molecule has 5 rings (SSSR count). The van der Waals surface area contributed by atoms with Gasteiger partial charge in [-0.3, -0.25) is 28.9 Å². The summed E-state index contributed by atoms with van der Waals surface area (Å²) in [5.74, 6) is -9.20. The summed E-state index contributed by atoms with van der Waals surface area (Å²) in [7, 11) is 4.42. The van der Waals surface area contributed by atoms with Gasteiger partial charge in [-0.2, -0.15) is 5.26 Å². The van der Waals surface area contributed by atoms with Gasteiger partial charge < -0.3 is 32.4 Å². The van der Waals surface area contributed by atoms with Crippen LogP contribution in [0.2, 0.25) is 0 Å². The Labute approximate surface area is 272 Å². The summed E-state index contributed by atoms with van der Waals surface area (Å²) in [4.78, 5) is 70.3. The van der Waals surface area contributed by atoms with Crippen LogP contribution in [0.3, 0.4) is 0 Å². The molecule has 0 spiro atoms. The number of hydrogen-bond acceptors (Lipinski definition) is 12. The van der Waals surface area contributed by atoms with Gasteiger partial charge in [-0.25, -0.2) is 0 Å². The monoisotopic (exact) mass is 644 g/mol. The van der Waals surface area contributed by atoms with E-state index in [-0.39, 0.29) is 12.0 Å². The third-order valence-electron chi connectivity index (χ3n) is 9.91. The number of carbonyl (C=O) groups is 5. The average Bonchev–Trinajstić information content (AvgIpc) is 2.96. The van der Waals surface area contributed by atoms with Crippen LogP contribution < -0.4 is 27.3 Å². The fourth-order valence-corrected chi connectivity index (χ4v) is 8.04. The van der Waals surface area contributed by atoms with Crippen LogP contribution in [0.15, 0.2) is 30.3 Å². The maximum atomic E-state index is 14.6. The van der Waals surface area contributed by atoms with Crippen molar-refractivity contribution in [3.8, 4) is 28.7 Å². The maximum Gasteiger partial charge on any atom is 0.235 e. The van der Waals surface area contributed by atoms with E-state index >= 15 is 0 Å². The molecule has 2 aromatic carbocycles. The number of nitrogens with zero attached hydrogens (tertiary/aromatic N) is 2. The van der Waals surface area contributed by atoms with Crippen molar-refractivity contribution in [3.63, 3.8) is 0 Å². The number of primary amides is 1. The number of phenolic OH excluding ortho intramolecular Hbond substituents is 1. The lowest BCUT2D eigenvalue weighted by Crippen LogP contribution is -2.85. The van der Waals surface area contributed by atoms with Crippen LogP contribution in [0.4, 0.5) is 0 Å². The molecule has 0 aromatic heterocycles. The highest BCUT2D eigenvalue weighted by molar-refractivity contribution is 6.33. The first-order valence-electron chi connectivity index (χ1n) is 15.3. The highest BCUT2D eigenvalue weighted by Gasteiger charge is 2.78. The van der Waals surface area contributed by atoms with Crippen molar-refractivity contribution in [3.05, 3.63) is 47.0 Å². The fraction of sp³-hybridized carbons (Fsp3) is 0.471. The number of methoxy groups -OCH3 is 1. The second-order valence-electron chi connectivity index (χ2n) is 13.7. The first-order valence-corrected chi connectivity index (χ1v) is 15.3. The summed E-state index contributed by atoms with van der Waals surface area (Å²) in [6.45, 7) is 5.54. The normalized spacial score (nSPS) is 30.1. The Morgan fingerprint density at radius 2 is 1.81 bits per heavy atom. The smallest absolute Gasteiger partial charge is 0.235 e. The van der Waals surface area contributed by atoms with Crippen LogP contribution in [-0.2, 0) is 32.1 Å². The fourth-order valence-electron chi connectivity index (χ4n) is 8.04. The molecule has 0 bridgehead atoms. The Balaban J connectivity index is 1.72. The van der Waals surface area contributed by atoms with E-state index in [1.807, 2.05) is 12.1 Å². The summed E-state index contributed by atoms with van der Waals surface area (Å²) < 4.78 is 5.67. The van der Waals surface area contributed by atoms with E-state index in [1.165, 1.54) is 32.2 Å². The lowest BCUT2D eigenvalue weighted by molar-refractivity contribution is -0.166. The maximum absolute atomic E-state index is 14.6. The second-order valence-corrected chi connectivity index (χ2v) is 13.7. The molecule has 2 saturated carbocycles. The Morgan fingerprint density at radius 3 is 2.38 bits per heavy atom. The number of rotatable bonds is 8. The van der Waals surface area contributed by atoms with Crippen LogP contribution in [0.25, 0.3) is 11.1 Å². The molecule has 3 aliphatic rings. The van der Waals surface area contributed by atoms with Gasteiger partial charge in [-0.1, -0.05) is 26.0 Å². The van der Waals surface area contributed by atoms with Gasteiger partial charge in [-0.05, 0) is 74.3 Å². The van der Waals surface area contributed by atoms with Gasteiger partial charge in [0.1, 0.15) is 17.4 Å². The van der Waals surface area contributed by atoms with Crippen molar-refractivity contribution in [2.75, 3.05) is 27.7 Å². The quantitative estimate of drug-likeness (QED) is 0.243. The predicted octanol–water partition coefficient (Wildman–Crippen LogP) is 0.230. The number of ketones is 4. The predicted molar refractivity (Wildman–Crippen MR) is 170 cm³/mol. The zero-order chi connectivity index (χ0) is 34.8. The highest BCUT2D eigenvalue weighted by Crippen LogP contribution is 2.57. The van der Waals surface area contributed by atoms with Crippen molar-refractivity contribution in [1.82, 2.24) is 10.2 Å². The number of nitriles is 1. The molecule has 6 atom stereocenters. The zero-order valence-electron chi connectivity index (χ0n) is 27.0. The van der Waals surface area contributed by atoms with Gasteiger partial charge in [0.25, 0.3) is 0 Å². The van der Waals surface area contributed by atoms with Crippen molar-refractivity contribution in [2.45, 2.75) is 50.4 Å². The molecule has 3 aliphatic carbocycles. The van der Waals surface area contributed by atoms with E-state index in [4.69, 9.17) is 21.9 Å². The van der Waals surface area contributed by atoms with Gasteiger partial charge in [-0.15, -0.1) is 0 Å². The number of likely N-dealkylation sites (N-methyl/N-ethyl adjacent to an activating group) is 1. The molecule has 1 amide bonds. The molecule has 0 radical (unpaired) electrons. The van der Waals surface area contributed by atoms with Gasteiger partial charge in [0.05, 0.1) is 30.3 Å². The molecule has 2 aromatic rings. The first-order chi connectivity index (χ1) is 22.0. The molecule has 2 unspecified atom stereocenters. The SMILES string of the molecule is COc1ccc(CNCC(C)C)cc1-c1ccc(O)c2c1C[C@@]1(N)C[C@@]3(N)[C@H](N(C)C)C(=O)C(C(N)=O)C(=O)[C@@]3(C#N)C(=O)C1C2=O. The van der Waals surface area contributed by atoms with Crippen molar-refractivity contribution >= 4 is 29.0 Å². The molecule has 8 N–H and O–H groups in total. The standard InChI is InChI=1S/C34H40N6O7/c1-16(2)12-39-13-17-6-9-22(47-5)19(10-17)18-7-8-21(41)23-20(18)11-32(37)14-34(38)28(40(3)4)27(43)24(31(36)46)29(44)33(34,15-35)30(45)25(32)26(23)42/h6-10,16,24-25,28,39,41H,11-14,37-38H2,1-5H3,(H2,36,46)/t24?,25?,28-,32-,33+,34-/m1/s1. The van der Waals surface area contributed by atoms with E-state index in [9.17, 15) is 34.3 Å². The van der Waals surface area contributed by atoms with Crippen LogP contribution in [0, 0.1) is 34.5 Å². The van der Waals surface area contributed by atoms with E-state index < -0.39 is 75.6 Å². The van der Waals surface area contributed by atoms with E-state index in [0.29, 0.717) is 34.9 Å². The van der Waals surface area contributed by atoms with Crippen molar-refractivity contribution in [1.29, 1.82) is 5.26 Å². The molecule has 47 heavy (non-hydrogen) atoms. The van der Waals surface area contributed by atoms with Crippen LogP contribution in [0.5, 0.6) is 11.5 Å². The second kappa shape index (κ2) is 11.6. The summed E-state index contributed by atoms with van der Waals surface area (Å²) in [6, 6.07) is 8.80. The Kier molecular flexibility index (Phi) is 8.39. The third-order valence-corrected chi connectivity index (χ3v) is 9.91. The Morgan fingerprint density at radius 1 is 1.13 bits per heavy atom. The van der Waals surface area contributed by atoms with E-state index in [1.54, 1.807) is 18.2 Å². The van der Waals surface area contributed by atoms with Crippen LogP contribution in [-0.4, -0.2) is 83.9 Å². The van der Waals surface area contributed by atoms with Crippen LogP contribution >= 0.6 is 0 Å². The minimum absolute atomic E-state index is 0.181. The molecule has 13 heteroatoms. The van der Waals surface area contributed by atoms with E-state index in [2.05, 4.69) is 19.2 Å². The topological polar surface area (TPSA) is 232 Å². The lowest BCUT2D eigenvalue weighted by atomic mass is 9.42. The third kappa shape index (κ3) is 4.78. The number of benzene rings is 2. The van der Waals surface area contributed by atoms with Crippen molar-refractivity contribution in [2.24, 2.45) is 40.4 Å². The zero-order valence-corrected chi connectivity index (χ0v) is 27.0.